The summed E-state index contributed by atoms with van der Waals surface area (Å²) in [6, 6.07) is 6.09. The molecule has 0 bridgehead atoms. The minimum absolute atomic E-state index is 0.0381. The Morgan fingerprint density at radius 1 is 1.43 bits per heavy atom. The number of amides is 1. The zero-order valence-corrected chi connectivity index (χ0v) is 15.2. The molecule has 1 heterocycles. The summed E-state index contributed by atoms with van der Waals surface area (Å²) in [4.78, 5) is 12.5. The molecule has 1 amide bonds. The molecule has 1 aromatic rings. The van der Waals surface area contributed by atoms with Crippen LogP contribution < -0.4 is 5.32 Å². The fourth-order valence-electron chi connectivity index (χ4n) is 2.98. The third-order valence-electron chi connectivity index (χ3n) is 4.55. The number of rotatable bonds is 4. The van der Waals surface area contributed by atoms with Crippen LogP contribution >= 0.6 is 22.6 Å². The van der Waals surface area contributed by atoms with Crippen LogP contribution in [0.15, 0.2) is 18.2 Å². The van der Waals surface area contributed by atoms with Crippen LogP contribution in [0.25, 0.3) is 0 Å². The first kappa shape index (κ1) is 16.7. The second kappa shape index (κ2) is 7.09. The van der Waals surface area contributed by atoms with Crippen LogP contribution in [0.5, 0.6) is 0 Å². The molecule has 4 heteroatoms. The second-order valence-corrected chi connectivity index (χ2v) is 6.92. The number of carbonyl (C=O) groups is 1. The number of hydrogen-bond acceptors (Lipinski definition) is 2. The minimum atomic E-state index is -0.0596. The average Bonchev–Trinajstić information content (AvgIpc) is 2.50. The van der Waals surface area contributed by atoms with Gasteiger partial charge < -0.3 is 10.1 Å². The molecule has 116 valence electrons. The summed E-state index contributed by atoms with van der Waals surface area (Å²) in [6.07, 6.45) is 3.81. The molecule has 0 saturated carbocycles. The lowest BCUT2D eigenvalue weighted by molar-refractivity contribution is -0.0917. The molecular weight excluding hydrogens is 377 g/mol. The van der Waals surface area contributed by atoms with Gasteiger partial charge in [-0.3, -0.25) is 4.79 Å². The normalized spacial score (nSPS) is 21.0. The Labute approximate surface area is 141 Å². The Kier molecular flexibility index (Phi) is 5.66. The van der Waals surface area contributed by atoms with Crippen LogP contribution in [-0.4, -0.2) is 24.2 Å². The lowest BCUT2D eigenvalue weighted by Gasteiger charge is -2.40. The maximum atomic E-state index is 12.5. The molecule has 1 N–H and O–H groups in total. The summed E-state index contributed by atoms with van der Waals surface area (Å²) in [5.41, 5.74) is 1.86. The van der Waals surface area contributed by atoms with Gasteiger partial charge in [-0.25, -0.2) is 0 Å². The fraction of sp³-hybridized carbons (Fsp3) is 0.588. The highest BCUT2D eigenvalue weighted by atomic mass is 127. The van der Waals surface area contributed by atoms with Crippen molar-refractivity contribution >= 4 is 28.5 Å². The van der Waals surface area contributed by atoms with E-state index in [-0.39, 0.29) is 17.6 Å². The Balaban J connectivity index is 2.07. The van der Waals surface area contributed by atoms with E-state index in [9.17, 15) is 4.79 Å². The Hall–Kier alpha value is -0.620. The first-order chi connectivity index (χ1) is 10.0. The third-order valence-corrected chi connectivity index (χ3v) is 5.99. The SMILES string of the molecule is CCC1(CC)CC(NC(=O)c2cccc(C)c2I)CCO1. The molecule has 1 unspecified atom stereocenters. The molecular formula is C17H24INO2. The van der Waals surface area contributed by atoms with Crippen LogP contribution in [0.3, 0.4) is 0 Å². The summed E-state index contributed by atoms with van der Waals surface area (Å²) in [6.45, 7) is 7.10. The van der Waals surface area contributed by atoms with E-state index in [0.717, 1.165) is 47.0 Å². The zero-order valence-electron chi connectivity index (χ0n) is 13.0. The van der Waals surface area contributed by atoms with Crippen LogP contribution in [0, 0.1) is 10.5 Å². The van der Waals surface area contributed by atoms with Crippen molar-refractivity contribution in [2.24, 2.45) is 0 Å². The number of benzene rings is 1. The quantitative estimate of drug-likeness (QED) is 0.773. The van der Waals surface area contributed by atoms with Gasteiger partial charge in [0.1, 0.15) is 0 Å². The van der Waals surface area contributed by atoms with Gasteiger partial charge in [-0.1, -0.05) is 26.0 Å². The highest BCUT2D eigenvalue weighted by molar-refractivity contribution is 14.1. The third kappa shape index (κ3) is 3.77. The van der Waals surface area contributed by atoms with Gasteiger partial charge in [-0.2, -0.15) is 0 Å². The molecule has 0 spiro atoms. The van der Waals surface area contributed by atoms with Crippen molar-refractivity contribution < 1.29 is 9.53 Å². The fourth-order valence-corrected chi connectivity index (χ4v) is 3.58. The maximum absolute atomic E-state index is 12.5. The van der Waals surface area contributed by atoms with Gasteiger partial charge in [0.25, 0.3) is 5.91 Å². The van der Waals surface area contributed by atoms with E-state index in [2.05, 4.69) is 41.8 Å². The van der Waals surface area contributed by atoms with E-state index >= 15 is 0 Å². The molecule has 3 nitrogen and oxygen atoms in total. The Morgan fingerprint density at radius 2 is 2.14 bits per heavy atom. The van der Waals surface area contributed by atoms with E-state index in [1.165, 1.54) is 0 Å². The summed E-state index contributed by atoms with van der Waals surface area (Å²) in [5, 5.41) is 3.20. The van der Waals surface area contributed by atoms with E-state index in [1.807, 2.05) is 25.1 Å². The second-order valence-electron chi connectivity index (χ2n) is 5.84. The minimum Gasteiger partial charge on any atom is -0.375 e. The smallest absolute Gasteiger partial charge is 0.252 e. The molecule has 1 atom stereocenters. The molecule has 0 aliphatic carbocycles. The van der Waals surface area contributed by atoms with Gasteiger partial charge in [-0.05, 0) is 66.8 Å². The molecule has 0 aromatic heterocycles. The summed E-state index contributed by atoms with van der Waals surface area (Å²) < 4.78 is 7.01. The molecule has 2 rings (SSSR count). The first-order valence-electron chi connectivity index (χ1n) is 7.71. The van der Waals surface area contributed by atoms with Crippen LogP contribution in [0.1, 0.15) is 55.5 Å². The summed E-state index contributed by atoms with van der Waals surface area (Å²) in [5.74, 6) is 0.0381. The predicted octanol–water partition coefficient (Wildman–Crippen LogP) is 4.07. The maximum Gasteiger partial charge on any atom is 0.252 e. The topological polar surface area (TPSA) is 38.3 Å². The Bertz CT molecular complexity index is 512. The van der Waals surface area contributed by atoms with Gasteiger partial charge in [-0.15, -0.1) is 0 Å². The van der Waals surface area contributed by atoms with Crippen LogP contribution in [0.4, 0.5) is 0 Å². The first-order valence-corrected chi connectivity index (χ1v) is 8.79. The van der Waals surface area contributed by atoms with Crippen LogP contribution in [0.2, 0.25) is 0 Å². The Morgan fingerprint density at radius 3 is 2.81 bits per heavy atom. The predicted molar refractivity (Wildman–Crippen MR) is 93.6 cm³/mol. The highest BCUT2D eigenvalue weighted by Crippen LogP contribution is 2.31. The van der Waals surface area contributed by atoms with E-state index < -0.39 is 0 Å². The lowest BCUT2D eigenvalue weighted by Crippen LogP contribution is -2.48. The van der Waals surface area contributed by atoms with Gasteiger partial charge in [0, 0.05) is 16.2 Å². The van der Waals surface area contributed by atoms with Gasteiger partial charge in [0.15, 0.2) is 0 Å². The molecule has 1 aliphatic heterocycles. The molecule has 1 fully saturated rings. The van der Waals surface area contributed by atoms with E-state index in [1.54, 1.807) is 0 Å². The standard InChI is InChI=1S/C17H24INO2/c1-4-17(5-2)11-13(9-10-21-17)19-16(20)14-8-6-7-12(3)15(14)18/h6-8,13H,4-5,9-11H2,1-3H3,(H,19,20). The molecule has 1 saturated heterocycles. The van der Waals surface area contributed by atoms with Gasteiger partial charge >= 0.3 is 0 Å². The number of carbonyl (C=O) groups excluding carboxylic acids is 1. The molecule has 1 aliphatic rings. The monoisotopic (exact) mass is 401 g/mol. The van der Waals surface area contributed by atoms with Gasteiger partial charge in [0.05, 0.1) is 11.2 Å². The molecule has 1 aromatic carbocycles. The van der Waals surface area contributed by atoms with Crippen molar-refractivity contribution in [3.05, 3.63) is 32.9 Å². The molecule has 0 radical (unpaired) electrons. The number of ether oxygens (including phenoxy) is 1. The summed E-state index contributed by atoms with van der Waals surface area (Å²) in [7, 11) is 0. The number of hydrogen-bond donors (Lipinski definition) is 1. The average molecular weight is 401 g/mol. The van der Waals surface area contributed by atoms with Crippen molar-refractivity contribution in [2.45, 2.75) is 58.1 Å². The van der Waals surface area contributed by atoms with Gasteiger partial charge in [0.2, 0.25) is 0 Å². The van der Waals surface area contributed by atoms with Crippen molar-refractivity contribution in [3.8, 4) is 0 Å². The van der Waals surface area contributed by atoms with Crippen molar-refractivity contribution in [1.29, 1.82) is 0 Å². The van der Waals surface area contributed by atoms with Crippen molar-refractivity contribution in [3.63, 3.8) is 0 Å². The zero-order chi connectivity index (χ0) is 15.5. The van der Waals surface area contributed by atoms with E-state index in [0.29, 0.717) is 0 Å². The highest BCUT2D eigenvalue weighted by Gasteiger charge is 2.35. The van der Waals surface area contributed by atoms with E-state index in [4.69, 9.17) is 4.74 Å². The van der Waals surface area contributed by atoms with Crippen molar-refractivity contribution in [1.82, 2.24) is 5.32 Å². The largest absolute Gasteiger partial charge is 0.375 e. The number of aryl methyl sites for hydroxylation is 1. The number of nitrogens with one attached hydrogen (secondary N) is 1. The van der Waals surface area contributed by atoms with Crippen molar-refractivity contribution in [2.75, 3.05) is 6.61 Å². The lowest BCUT2D eigenvalue weighted by atomic mass is 9.86. The van der Waals surface area contributed by atoms with Crippen LogP contribution in [-0.2, 0) is 4.74 Å². The number of halogens is 1. The molecule has 21 heavy (non-hydrogen) atoms. The summed E-state index contributed by atoms with van der Waals surface area (Å²) >= 11 is 2.25.